The van der Waals surface area contributed by atoms with Gasteiger partial charge in [0, 0.05) is 34.1 Å². The lowest BCUT2D eigenvalue weighted by atomic mass is 10.2. The Morgan fingerprint density at radius 2 is 1.96 bits per heavy atom. The van der Waals surface area contributed by atoms with Gasteiger partial charge in [-0.1, -0.05) is 40.5 Å². The van der Waals surface area contributed by atoms with Crippen molar-refractivity contribution in [2.45, 2.75) is 19.8 Å². The van der Waals surface area contributed by atoms with E-state index in [1.807, 2.05) is 19.1 Å². The zero-order valence-corrected chi connectivity index (χ0v) is 14.9. The quantitative estimate of drug-likeness (QED) is 0.686. The van der Waals surface area contributed by atoms with Crippen LogP contribution in [0.3, 0.4) is 0 Å². The molecule has 5 nitrogen and oxygen atoms in total. The van der Waals surface area contributed by atoms with E-state index in [2.05, 4.69) is 15.5 Å². The van der Waals surface area contributed by atoms with Gasteiger partial charge in [-0.15, -0.1) is 0 Å². The maximum atomic E-state index is 12.1. The molecule has 25 heavy (non-hydrogen) atoms. The molecular weight excluding hydrogens is 361 g/mol. The summed E-state index contributed by atoms with van der Waals surface area (Å²) in [5, 5.41) is 8.00. The lowest BCUT2D eigenvalue weighted by molar-refractivity contribution is -0.116. The highest BCUT2D eigenvalue weighted by Crippen LogP contribution is 2.21. The summed E-state index contributed by atoms with van der Waals surface area (Å²) in [5.74, 6) is 0.720. The van der Waals surface area contributed by atoms with Gasteiger partial charge in [0.1, 0.15) is 0 Å². The van der Waals surface area contributed by atoms with Gasteiger partial charge in [-0.05, 0) is 42.8 Å². The van der Waals surface area contributed by atoms with Crippen molar-refractivity contribution in [1.82, 2.24) is 10.1 Å². The molecule has 3 rings (SSSR count). The molecule has 128 valence electrons. The lowest BCUT2D eigenvalue weighted by Crippen LogP contribution is -2.13. The van der Waals surface area contributed by atoms with Crippen molar-refractivity contribution in [3.63, 3.8) is 0 Å². The van der Waals surface area contributed by atoms with Gasteiger partial charge in [0.2, 0.25) is 17.6 Å². The fourth-order valence-corrected chi connectivity index (χ4v) is 2.72. The number of nitrogens with zero attached hydrogens (tertiary/aromatic N) is 2. The van der Waals surface area contributed by atoms with Crippen LogP contribution in [0.5, 0.6) is 0 Å². The van der Waals surface area contributed by atoms with Crippen LogP contribution in [0.15, 0.2) is 47.0 Å². The topological polar surface area (TPSA) is 68.0 Å². The zero-order valence-electron chi connectivity index (χ0n) is 13.4. The third-order valence-corrected chi connectivity index (χ3v) is 4.05. The van der Waals surface area contributed by atoms with Gasteiger partial charge in [-0.25, -0.2) is 0 Å². The minimum absolute atomic E-state index is 0.132. The second-order valence-corrected chi connectivity index (χ2v) is 6.40. The number of anilines is 1. The number of nitrogens with one attached hydrogen (secondary N) is 1. The van der Waals surface area contributed by atoms with Crippen molar-refractivity contribution in [3.8, 4) is 11.4 Å². The van der Waals surface area contributed by atoms with Gasteiger partial charge in [-0.3, -0.25) is 4.79 Å². The second kappa shape index (κ2) is 7.68. The highest BCUT2D eigenvalue weighted by molar-refractivity contribution is 6.31. The summed E-state index contributed by atoms with van der Waals surface area (Å²) in [6, 6.07) is 12.5. The highest BCUT2D eigenvalue weighted by atomic mass is 35.5. The first-order valence-electron chi connectivity index (χ1n) is 7.66. The standard InChI is InChI=1S/C18H15Cl2N3O2/c1-11-9-14(20)5-6-15(11)21-16(24)7-8-17-22-18(23-25-17)12-3-2-4-13(19)10-12/h2-6,9-10H,7-8H2,1H3,(H,21,24). The van der Waals surface area contributed by atoms with E-state index in [1.165, 1.54) is 0 Å². The molecule has 0 aliphatic rings. The monoisotopic (exact) mass is 375 g/mol. The average molecular weight is 376 g/mol. The molecule has 0 saturated heterocycles. The van der Waals surface area contributed by atoms with E-state index in [0.717, 1.165) is 16.8 Å². The first-order valence-corrected chi connectivity index (χ1v) is 8.41. The van der Waals surface area contributed by atoms with Gasteiger partial charge in [0.25, 0.3) is 0 Å². The minimum Gasteiger partial charge on any atom is -0.339 e. The number of halogens is 2. The van der Waals surface area contributed by atoms with Crippen molar-refractivity contribution < 1.29 is 9.32 Å². The summed E-state index contributed by atoms with van der Waals surface area (Å²) in [6.45, 7) is 1.89. The van der Waals surface area contributed by atoms with Crippen molar-refractivity contribution in [2.24, 2.45) is 0 Å². The lowest BCUT2D eigenvalue weighted by Gasteiger charge is -2.07. The van der Waals surface area contributed by atoms with Gasteiger partial charge in [0.05, 0.1) is 0 Å². The van der Waals surface area contributed by atoms with Crippen molar-refractivity contribution in [3.05, 3.63) is 64.0 Å². The predicted molar refractivity (Wildman–Crippen MR) is 97.9 cm³/mol. The van der Waals surface area contributed by atoms with Crippen LogP contribution in [-0.2, 0) is 11.2 Å². The number of aromatic nitrogens is 2. The number of hydrogen-bond donors (Lipinski definition) is 1. The SMILES string of the molecule is Cc1cc(Cl)ccc1NC(=O)CCc1nc(-c2cccc(Cl)c2)no1. The molecule has 0 fully saturated rings. The van der Waals surface area contributed by atoms with E-state index in [9.17, 15) is 4.79 Å². The maximum Gasteiger partial charge on any atom is 0.227 e. The molecule has 2 aromatic carbocycles. The summed E-state index contributed by atoms with van der Waals surface area (Å²) in [4.78, 5) is 16.4. The molecule has 0 bridgehead atoms. The second-order valence-electron chi connectivity index (χ2n) is 5.53. The fourth-order valence-electron chi connectivity index (χ4n) is 2.30. The van der Waals surface area contributed by atoms with Crippen LogP contribution in [0, 0.1) is 6.92 Å². The highest BCUT2D eigenvalue weighted by Gasteiger charge is 2.12. The Morgan fingerprint density at radius 3 is 2.72 bits per heavy atom. The van der Waals surface area contributed by atoms with Gasteiger partial charge in [-0.2, -0.15) is 4.98 Å². The van der Waals surface area contributed by atoms with E-state index in [1.54, 1.807) is 30.3 Å². The van der Waals surface area contributed by atoms with Gasteiger partial charge < -0.3 is 9.84 Å². The van der Waals surface area contributed by atoms with E-state index in [4.69, 9.17) is 27.7 Å². The molecule has 3 aromatic rings. The van der Waals surface area contributed by atoms with Crippen LogP contribution >= 0.6 is 23.2 Å². The predicted octanol–water partition coefficient (Wildman–Crippen LogP) is 4.92. The number of carbonyl (C=O) groups is 1. The molecule has 1 heterocycles. The molecule has 1 N–H and O–H groups in total. The number of amides is 1. The zero-order chi connectivity index (χ0) is 17.8. The average Bonchev–Trinajstić information content (AvgIpc) is 3.05. The van der Waals surface area contributed by atoms with Crippen molar-refractivity contribution >= 4 is 34.8 Å². The molecule has 0 aliphatic carbocycles. The molecule has 1 amide bonds. The molecule has 0 unspecified atom stereocenters. The van der Waals surface area contributed by atoms with E-state index in [-0.39, 0.29) is 12.3 Å². The number of benzene rings is 2. The van der Waals surface area contributed by atoms with Crippen LogP contribution in [0.4, 0.5) is 5.69 Å². The third kappa shape index (κ3) is 4.59. The minimum atomic E-state index is -0.132. The number of rotatable bonds is 5. The smallest absolute Gasteiger partial charge is 0.227 e. The Hall–Kier alpha value is -2.37. The van der Waals surface area contributed by atoms with E-state index < -0.39 is 0 Å². The molecular formula is C18H15Cl2N3O2. The van der Waals surface area contributed by atoms with Gasteiger partial charge in [0.15, 0.2) is 0 Å². The maximum absolute atomic E-state index is 12.1. The van der Waals surface area contributed by atoms with Crippen LogP contribution in [0.25, 0.3) is 11.4 Å². The largest absolute Gasteiger partial charge is 0.339 e. The van der Waals surface area contributed by atoms with Crippen molar-refractivity contribution in [1.29, 1.82) is 0 Å². The Kier molecular flexibility index (Phi) is 5.36. The van der Waals surface area contributed by atoms with Crippen LogP contribution in [0.1, 0.15) is 17.9 Å². The van der Waals surface area contributed by atoms with Crippen molar-refractivity contribution in [2.75, 3.05) is 5.32 Å². The fraction of sp³-hybridized carbons (Fsp3) is 0.167. The molecule has 0 saturated carbocycles. The number of hydrogen-bond acceptors (Lipinski definition) is 4. The van der Waals surface area contributed by atoms with Crippen LogP contribution in [-0.4, -0.2) is 16.0 Å². The molecule has 0 aliphatic heterocycles. The first-order chi connectivity index (χ1) is 12.0. The summed E-state index contributed by atoms with van der Waals surface area (Å²) >= 11 is 11.9. The molecule has 0 atom stereocenters. The third-order valence-electron chi connectivity index (χ3n) is 3.58. The molecule has 7 heteroatoms. The summed E-state index contributed by atoms with van der Waals surface area (Å²) in [7, 11) is 0. The summed E-state index contributed by atoms with van der Waals surface area (Å²) < 4.78 is 5.20. The van der Waals surface area contributed by atoms with Gasteiger partial charge >= 0.3 is 0 Å². The summed E-state index contributed by atoms with van der Waals surface area (Å²) in [6.07, 6.45) is 0.589. The Balaban J connectivity index is 1.59. The molecule has 0 radical (unpaired) electrons. The van der Waals surface area contributed by atoms with E-state index in [0.29, 0.717) is 28.2 Å². The Labute approximate surface area is 155 Å². The number of carbonyl (C=O) groups excluding carboxylic acids is 1. The Bertz CT molecular complexity index is 909. The van der Waals surface area contributed by atoms with Crippen LogP contribution < -0.4 is 5.32 Å². The molecule has 1 aromatic heterocycles. The normalized spacial score (nSPS) is 10.7. The van der Waals surface area contributed by atoms with Crippen LogP contribution in [0.2, 0.25) is 10.0 Å². The van der Waals surface area contributed by atoms with E-state index >= 15 is 0 Å². The molecule has 0 spiro atoms. The number of aryl methyl sites for hydroxylation is 2. The summed E-state index contributed by atoms with van der Waals surface area (Å²) in [5.41, 5.74) is 2.41. The first kappa shape index (κ1) is 17.5. The Morgan fingerprint density at radius 1 is 1.16 bits per heavy atom.